The highest BCUT2D eigenvalue weighted by molar-refractivity contribution is 5.02. The van der Waals surface area contributed by atoms with Crippen LogP contribution in [0.5, 0.6) is 0 Å². The number of hydrogen-bond donors (Lipinski definition) is 1. The highest BCUT2D eigenvalue weighted by atomic mass is 16.9. The van der Waals surface area contributed by atoms with Gasteiger partial charge in [0.1, 0.15) is 18.3 Å². The van der Waals surface area contributed by atoms with Crippen molar-refractivity contribution < 1.29 is 23.7 Å². The average molecular weight is 312 g/mol. The summed E-state index contributed by atoms with van der Waals surface area (Å²) in [5.74, 6) is -0.843. The Kier molecular flexibility index (Phi) is 3.08. The van der Waals surface area contributed by atoms with Gasteiger partial charge in [0.2, 0.25) is 0 Å². The molecule has 4 rings (SSSR count). The second kappa shape index (κ2) is 4.68. The number of tetrazole rings is 1. The molecule has 3 fully saturated rings. The van der Waals surface area contributed by atoms with Gasteiger partial charge < -0.3 is 23.7 Å². The second-order valence-electron chi connectivity index (χ2n) is 6.74. The minimum atomic E-state index is -0.711. The zero-order valence-electron chi connectivity index (χ0n) is 13.0. The number of rotatable bonds is 2. The Hall–Kier alpha value is -1.13. The number of hydrogen-bond acceptors (Lipinski definition) is 8. The maximum Gasteiger partial charge on any atom is 0.190 e. The zero-order chi connectivity index (χ0) is 15.5. The third-order valence-electron chi connectivity index (χ3n) is 4.02. The molecule has 0 unspecified atom stereocenters. The van der Waals surface area contributed by atoms with Gasteiger partial charge in [-0.2, -0.15) is 5.21 Å². The van der Waals surface area contributed by atoms with Crippen LogP contribution in [0.15, 0.2) is 0 Å². The van der Waals surface area contributed by atoms with Gasteiger partial charge in [-0.3, -0.25) is 0 Å². The molecule has 122 valence electrons. The molecular weight excluding hydrogens is 292 g/mol. The lowest BCUT2D eigenvalue weighted by molar-refractivity contribution is -0.233. The fourth-order valence-electron chi connectivity index (χ4n) is 3.31. The molecule has 0 bridgehead atoms. The molecule has 9 nitrogen and oxygen atoms in total. The van der Waals surface area contributed by atoms with E-state index in [-0.39, 0.29) is 24.4 Å². The smallest absolute Gasteiger partial charge is 0.190 e. The molecular formula is C13H20N4O5. The van der Waals surface area contributed by atoms with E-state index in [2.05, 4.69) is 20.6 Å². The number of ether oxygens (including phenoxy) is 5. The first-order chi connectivity index (χ1) is 10.3. The summed E-state index contributed by atoms with van der Waals surface area (Å²) < 4.78 is 29.9. The Morgan fingerprint density at radius 2 is 1.64 bits per heavy atom. The first-order valence-corrected chi connectivity index (χ1v) is 7.42. The molecule has 5 atom stereocenters. The number of aromatic nitrogens is 4. The molecule has 9 heteroatoms. The van der Waals surface area contributed by atoms with Gasteiger partial charge in [0.05, 0.1) is 6.10 Å². The first kappa shape index (κ1) is 14.5. The van der Waals surface area contributed by atoms with Crippen molar-refractivity contribution in [2.45, 2.75) is 76.4 Å². The number of aromatic amines is 1. The van der Waals surface area contributed by atoms with Gasteiger partial charge in [-0.25, -0.2) is 0 Å². The first-order valence-electron chi connectivity index (χ1n) is 7.42. The molecule has 3 saturated heterocycles. The second-order valence-corrected chi connectivity index (χ2v) is 6.74. The van der Waals surface area contributed by atoms with Gasteiger partial charge in [0.25, 0.3) is 0 Å². The summed E-state index contributed by atoms with van der Waals surface area (Å²) in [6, 6.07) is 0. The summed E-state index contributed by atoms with van der Waals surface area (Å²) in [6.07, 6.45) is -1.17. The van der Waals surface area contributed by atoms with Crippen LogP contribution in [0.4, 0.5) is 0 Å². The standard InChI is InChI=1S/C13H20N4O5/c1-12(2)19-8-6(5-7-14-16-17-15-7)18-11-10(9(8)20-12)21-13(3,4)22-11/h6,8-11H,5H2,1-4H3,(H,14,15,16,17)/t6-,8+,9+,10-,11-/m1/s1. The van der Waals surface area contributed by atoms with E-state index in [1.54, 1.807) is 0 Å². The molecule has 0 spiro atoms. The Labute approximate surface area is 127 Å². The third kappa shape index (κ3) is 2.42. The molecule has 22 heavy (non-hydrogen) atoms. The van der Waals surface area contributed by atoms with Crippen molar-refractivity contribution >= 4 is 0 Å². The van der Waals surface area contributed by atoms with E-state index in [0.717, 1.165) is 0 Å². The summed E-state index contributed by atoms with van der Waals surface area (Å²) in [5, 5.41) is 14.0. The van der Waals surface area contributed by atoms with Crippen molar-refractivity contribution in [1.29, 1.82) is 0 Å². The normalized spacial score (nSPS) is 42.1. The molecule has 1 aromatic heterocycles. The minimum absolute atomic E-state index is 0.257. The molecule has 3 aliphatic rings. The van der Waals surface area contributed by atoms with Gasteiger partial charge in [-0.05, 0) is 27.7 Å². The van der Waals surface area contributed by atoms with Crippen LogP contribution in [0.2, 0.25) is 0 Å². The highest BCUT2D eigenvalue weighted by Crippen LogP contribution is 2.44. The SMILES string of the molecule is CC1(C)O[C@H]2[C@@H](O1)[C@@H](Cc1nn[nH]n1)O[C@@H]1OC(C)(C)O[C@@H]12. The van der Waals surface area contributed by atoms with Gasteiger partial charge in [0.15, 0.2) is 23.7 Å². The van der Waals surface area contributed by atoms with Crippen molar-refractivity contribution in [3.05, 3.63) is 5.82 Å². The Morgan fingerprint density at radius 1 is 0.955 bits per heavy atom. The molecule has 0 saturated carbocycles. The van der Waals surface area contributed by atoms with E-state index >= 15 is 0 Å². The predicted molar refractivity (Wildman–Crippen MR) is 70.4 cm³/mol. The van der Waals surface area contributed by atoms with Gasteiger partial charge in [0, 0.05) is 6.42 Å². The minimum Gasteiger partial charge on any atom is -0.343 e. The van der Waals surface area contributed by atoms with E-state index in [4.69, 9.17) is 23.7 Å². The Bertz CT molecular complexity index is 549. The third-order valence-corrected chi connectivity index (χ3v) is 4.02. The van der Waals surface area contributed by atoms with E-state index in [0.29, 0.717) is 12.2 Å². The molecule has 1 N–H and O–H groups in total. The van der Waals surface area contributed by atoms with Crippen LogP contribution < -0.4 is 0 Å². The summed E-state index contributed by atoms with van der Waals surface area (Å²) in [4.78, 5) is 0. The van der Waals surface area contributed by atoms with Crippen molar-refractivity contribution in [2.75, 3.05) is 0 Å². The van der Waals surface area contributed by atoms with Crippen LogP contribution >= 0.6 is 0 Å². The van der Waals surface area contributed by atoms with Crippen LogP contribution in [0.1, 0.15) is 33.5 Å². The quantitative estimate of drug-likeness (QED) is 0.823. The van der Waals surface area contributed by atoms with Gasteiger partial charge in [-0.15, -0.1) is 10.2 Å². The lowest BCUT2D eigenvalue weighted by atomic mass is 9.97. The molecule has 0 aromatic carbocycles. The van der Waals surface area contributed by atoms with Gasteiger partial charge in [-0.1, -0.05) is 5.21 Å². The average Bonchev–Trinajstić information content (AvgIpc) is 3.06. The molecule has 3 aliphatic heterocycles. The van der Waals surface area contributed by atoms with E-state index in [1.807, 2.05) is 27.7 Å². The lowest BCUT2D eigenvalue weighted by Crippen LogP contribution is -2.55. The summed E-state index contributed by atoms with van der Waals surface area (Å²) >= 11 is 0. The van der Waals surface area contributed by atoms with Crippen molar-refractivity contribution in [2.24, 2.45) is 0 Å². The van der Waals surface area contributed by atoms with Crippen LogP contribution in [0.3, 0.4) is 0 Å². The van der Waals surface area contributed by atoms with E-state index < -0.39 is 17.9 Å². The fraction of sp³-hybridized carbons (Fsp3) is 0.923. The maximum atomic E-state index is 6.05. The van der Waals surface area contributed by atoms with Gasteiger partial charge >= 0.3 is 0 Å². The van der Waals surface area contributed by atoms with Crippen molar-refractivity contribution in [3.63, 3.8) is 0 Å². The van der Waals surface area contributed by atoms with Crippen LogP contribution in [-0.4, -0.2) is 62.9 Å². The Morgan fingerprint density at radius 3 is 2.36 bits per heavy atom. The number of nitrogens with one attached hydrogen (secondary N) is 1. The zero-order valence-corrected chi connectivity index (χ0v) is 13.0. The number of fused-ring (bicyclic) bond motifs is 3. The molecule has 0 aliphatic carbocycles. The predicted octanol–water partition coefficient (Wildman–Crippen LogP) is 0.139. The lowest BCUT2D eigenvalue weighted by Gasteiger charge is -2.36. The number of nitrogens with zero attached hydrogens (tertiary/aromatic N) is 3. The summed E-state index contributed by atoms with van der Waals surface area (Å²) in [5.41, 5.74) is 0. The molecule has 1 aromatic rings. The highest BCUT2D eigenvalue weighted by Gasteiger charge is 2.60. The largest absolute Gasteiger partial charge is 0.343 e. The molecule has 0 amide bonds. The monoisotopic (exact) mass is 312 g/mol. The van der Waals surface area contributed by atoms with Crippen LogP contribution in [0, 0.1) is 0 Å². The maximum absolute atomic E-state index is 6.05. The van der Waals surface area contributed by atoms with Crippen molar-refractivity contribution in [1.82, 2.24) is 20.6 Å². The van der Waals surface area contributed by atoms with E-state index in [1.165, 1.54) is 0 Å². The molecule has 4 heterocycles. The van der Waals surface area contributed by atoms with Crippen LogP contribution in [-0.2, 0) is 30.1 Å². The topological polar surface area (TPSA) is 101 Å². The number of H-pyrrole nitrogens is 1. The summed E-state index contributed by atoms with van der Waals surface area (Å²) in [7, 11) is 0. The van der Waals surface area contributed by atoms with E-state index in [9.17, 15) is 0 Å². The summed E-state index contributed by atoms with van der Waals surface area (Å²) in [6.45, 7) is 7.48. The Balaban J connectivity index is 1.60. The fourth-order valence-corrected chi connectivity index (χ4v) is 3.31. The van der Waals surface area contributed by atoms with Crippen molar-refractivity contribution in [3.8, 4) is 0 Å². The molecule has 0 radical (unpaired) electrons. The van der Waals surface area contributed by atoms with Crippen LogP contribution in [0.25, 0.3) is 0 Å².